The largest absolute Gasteiger partial charge is 0.338 e. The quantitative estimate of drug-likeness (QED) is 0.856. The third-order valence-corrected chi connectivity index (χ3v) is 4.48. The van der Waals surface area contributed by atoms with E-state index in [1.54, 1.807) is 4.90 Å². The topological polar surface area (TPSA) is 46.3 Å². The first-order valence-corrected chi connectivity index (χ1v) is 8.18. The molecule has 0 saturated heterocycles. The number of nitrogens with zero attached hydrogens (tertiary/aromatic N) is 1. The number of halogens is 1. The van der Waals surface area contributed by atoms with Gasteiger partial charge in [-0.1, -0.05) is 42.5 Å². The Morgan fingerprint density at radius 1 is 1.14 bits per heavy atom. The summed E-state index contributed by atoms with van der Waals surface area (Å²) >= 11 is 3.45. The third kappa shape index (κ3) is 4.18. The summed E-state index contributed by atoms with van der Waals surface area (Å²) in [4.78, 5) is 14.5. The minimum absolute atomic E-state index is 0.0156. The number of likely N-dealkylation sites (N-methyl/N-ethyl adjacent to an activating group) is 1. The molecule has 2 N–H and O–H groups in total. The minimum atomic E-state index is 0.0156. The molecule has 0 aliphatic heterocycles. The Morgan fingerprint density at radius 3 is 2.41 bits per heavy atom. The lowest BCUT2D eigenvalue weighted by Crippen LogP contribution is -2.40. The summed E-state index contributed by atoms with van der Waals surface area (Å²) < 4.78 is 0.818. The van der Waals surface area contributed by atoms with Gasteiger partial charge in [0.15, 0.2) is 0 Å². The van der Waals surface area contributed by atoms with Gasteiger partial charge < -0.3 is 10.6 Å². The maximum Gasteiger partial charge on any atom is 0.255 e. The lowest BCUT2D eigenvalue weighted by atomic mass is 10.0. The van der Waals surface area contributed by atoms with Crippen LogP contribution in [0.1, 0.15) is 22.3 Å². The molecule has 0 radical (unpaired) electrons. The van der Waals surface area contributed by atoms with Crippen LogP contribution in [-0.4, -0.2) is 30.4 Å². The van der Waals surface area contributed by atoms with Gasteiger partial charge in [-0.3, -0.25) is 4.79 Å². The van der Waals surface area contributed by atoms with Crippen LogP contribution in [-0.2, 0) is 6.42 Å². The molecule has 0 aliphatic carbocycles. The lowest BCUT2D eigenvalue weighted by molar-refractivity contribution is 0.0724. The highest BCUT2D eigenvalue weighted by Crippen LogP contribution is 2.20. The second-order valence-corrected chi connectivity index (χ2v) is 6.17. The maximum absolute atomic E-state index is 12.7. The average Bonchev–Trinajstić information content (AvgIpc) is 2.54. The van der Waals surface area contributed by atoms with E-state index in [0.29, 0.717) is 12.1 Å². The van der Waals surface area contributed by atoms with Gasteiger partial charge in [0.2, 0.25) is 0 Å². The van der Waals surface area contributed by atoms with E-state index in [2.05, 4.69) is 28.1 Å². The van der Waals surface area contributed by atoms with Crippen LogP contribution in [0.4, 0.5) is 0 Å². The standard InChI is InChI=1S/C18H21BrN2O/c1-21(18(22)16-9-5-6-10-17(16)19)15(11-12-20)13-14-7-3-2-4-8-14/h2-10,15H,11-13,20H2,1H3. The maximum atomic E-state index is 12.7. The summed E-state index contributed by atoms with van der Waals surface area (Å²) in [6.45, 7) is 0.561. The van der Waals surface area contributed by atoms with Crippen molar-refractivity contribution in [3.8, 4) is 0 Å². The molecular weight excluding hydrogens is 340 g/mol. The van der Waals surface area contributed by atoms with E-state index in [1.807, 2.05) is 49.5 Å². The molecule has 3 nitrogen and oxygen atoms in total. The van der Waals surface area contributed by atoms with Crippen molar-refractivity contribution in [1.29, 1.82) is 0 Å². The van der Waals surface area contributed by atoms with Crippen molar-refractivity contribution < 1.29 is 4.79 Å². The van der Waals surface area contributed by atoms with Gasteiger partial charge in [-0.15, -0.1) is 0 Å². The highest BCUT2D eigenvalue weighted by atomic mass is 79.9. The molecule has 0 bridgehead atoms. The zero-order chi connectivity index (χ0) is 15.9. The van der Waals surface area contributed by atoms with Crippen molar-refractivity contribution >= 4 is 21.8 Å². The molecule has 116 valence electrons. The van der Waals surface area contributed by atoms with Gasteiger partial charge in [0.1, 0.15) is 0 Å². The molecule has 22 heavy (non-hydrogen) atoms. The SMILES string of the molecule is CN(C(=O)c1ccccc1Br)C(CCN)Cc1ccccc1. The Kier molecular flexibility index (Phi) is 6.16. The molecule has 0 spiro atoms. The second kappa shape index (κ2) is 8.11. The van der Waals surface area contributed by atoms with E-state index >= 15 is 0 Å². The van der Waals surface area contributed by atoms with E-state index in [9.17, 15) is 4.79 Å². The van der Waals surface area contributed by atoms with E-state index in [4.69, 9.17) is 5.73 Å². The summed E-state index contributed by atoms with van der Waals surface area (Å²) in [7, 11) is 1.85. The monoisotopic (exact) mass is 360 g/mol. The molecule has 0 fully saturated rings. The number of hydrogen-bond donors (Lipinski definition) is 1. The summed E-state index contributed by atoms with van der Waals surface area (Å²) in [5.74, 6) is 0.0156. The average molecular weight is 361 g/mol. The van der Waals surface area contributed by atoms with Gasteiger partial charge in [0.25, 0.3) is 5.91 Å². The number of carbonyl (C=O) groups excluding carboxylic acids is 1. The Morgan fingerprint density at radius 2 is 1.77 bits per heavy atom. The number of hydrogen-bond acceptors (Lipinski definition) is 2. The lowest BCUT2D eigenvalue weighted by Gasteiger charge is -2.28. The molecule has 2 aromatic carbocycles. The number of amides is 1. The van der Waals surface area contributed by atoms with Gasteiger partial charge in [-0.25, -0.2) is 0 Å². The smallest absolute Gasteiger partial charge is 0.255 e. The summed E-state index contributed by atoms with van der Waals surface area (Å²) in [6.07, 6.45) is 1.59. The number of nitrogens with two attached hydrogens (primary N) is 1. The van der Waals surface area contributed by atoms with Crippen LogP contribution in [0.5, 0.6) is 0 Å². The first-order chi connectivity index (χ1) is 10.6. The van der Waals surface area contributed by atoms with Crippen LogP contribution in [0.3, 0.4) is 0 Å². The van der Waals surface area contributed by atoms with Crippen molar-refractivity contribution in [3.63, 3.8) is 0 Å². The first-order valence-electron chi connectivity index (χ1n) is 7.39. The predicted molar refractivity (Wildman–Crippen MR) is 93.8 cm³/mol. The van der Waals surface area contributed by atoms with Crippen LogP contribution in [0, 0.1) is 0 Å². The molecule has 4 heteroatoms. The van der Waals surface area contributed by atoms with Crippen LogP contribution < -0.4 is 5.73 Å². The first kappa shape index (κ1) is 16.7. The van der Waals surface area contributed by atoms with Crippen molar-refractivity contribution in [3.05, 3.63) is 70.2 Å². The zero-order valence-electron chi connectivity index (χ0n) is 12.7. The van der Waals surface area contributed by atoms with Gasteiger partial charge in [0.05, 0.1) is 5.56 Å². The molecule has 1 amide bonds. The summed E-state index contributed by atoms with van der Waals surface area (Å²) in [5, 5.41) is 0. The number of benzene rings is 2. The van der Waals surface area contributed by atoms with Gasteiger partial charge in [0, 0.05) is 17.6 Å². The number of rotatable bonds is 6. The van der Waals surface area contributed by atoms with E-state index in [1.165, 1.54) is 5.56 Å². The third-order valence-electron chi connectivity index (χ3n) is 3.79. The fraction of sp³-hybridized carbons (Fsp3) is 0.278. The Hall–Kier alpha value is -1.65. The molecule has 2 rings (SSSR count). The van der Waals surface area contributed by atoms with E-state index < -0.39 is 0 Å². The highest BCUT2D eigenvalue weighted by molar-refractivity contribution is 9.10. The molecular formula is C18H21BrN2O. The van der Waals surface area contributed by atoms with Crippen LogP contribution in [0.15, 0.2) is 59.1 Å². The van der Waals surface area contributed by atoms with Crippen LogP contribution >= 0.6 is 15.9 Å². The summed E-state index contributed by atoms with van der Waals surface area (Å²) in [5.41, 5.74) is 7.64. The molecule has 0 aliphatic rings. The minimum Gasteiger partial charge on any atom is -0.338 e. The molecule has 1 unspecified atom stereocenters. The fourth-order valence-corrected chi connectivity index (χ4v) is 2.96. The van der Waals surface area contributed by atoms with Crippen LogP contribution in [0.25, 0.3) is 0 Å². The van der Waals surface area contributed by atoms with Crippen molar-refractivity contribution in [2.45, 2.75) is 18.9 Å². The van der Waals surface area contributed by atoms with Crippen molar-refractivity contribution in [2.75, 3.05) is 13.6 Å². The van der Waals surface area contributed by atoms with Gasteiger partial charge in [-0.05, 0) is 53.0 Å². The predicted octanol–water partition coefficient (Wildman–Crippen LogP) is 3.48. The molecule has 0 saturated carbocycles. The molecule has 0 heterocycles. The van der Waals surface area contributed by atoms with E-state index in [0.717, 1.165) is 17.3 Å². The second-order valence-electron chi connectivity index (χ2n) is 5.32. The molecule has 1 atom stereocenters. The molecule has 2 aromatic rings. The highest BCUT2D eigenvalue weighted by Gasteiger charge is 2.22. The van der Waals surface area contributed by atoms with Crippen molar-refractivity contribution in [1.82, 2.24) is 4.90 Å². The Bertz CT molecular complexity index is 615. The normalized spacial score (nSPS) is 12.0. The van der Waals surface area contributed by atoms with Crippen LogP contribution in [0.2, 0.25) is 0 Å². The van der Waals surface area contributed by atoms with Gasteiger partial charge >= 0.3 is 0 Å². The summed E-state index contributed by atoms with van der Waals surface area (Å²) in [6, 6.07) is 17.8. The van der Waals surface area contributed by atoms with E-state index in [-0.39, 0.29) is 11.9 Å². The Balaban J connectivity index is 2.17. The fourth-order valence-electron chi connectivity index (χ4n) is 2.50. The zero-order valence-corrected chi connectivity index (χ0v) is 14.3. The van der Waals surface area contributed by atoms with Gasteiger partial charge in [-0.2, -0.15) is 0 Å². The number of carbonyl (C=O) groups is 1. The molecule has 0 aromatic heterocycles. The Labute approximate surface area is 140 Å². The van der Waals surface area contributed by atoms with Crippen molar-refractivity contribution in [2.24, 2.45) is 5.73 Å².